The first kappa shape index (κ1) is 16.8. The van der Waals surface area contributed by atoms with Crippen molar-refractivity contribution < 1.29 is 4.79 Å². The van der Waals surface area contributed by atoms with Crippen LogP contribution in [0.2, 0.25) is 0 Å². The van der Waals surface area contributed by atoms with Crippen molar-refractivity contribution in [1.82, 2.24) is 9.80 Å². The molecule has 1 saturated heterocycles. The van der Waals surface area contributed by atoms with Gasteiger partial charge in [-0.3, -0.25) is 4.79 Å². The molecule has 2 atom stereocenters. The quantitative estimate of drug-likeness (QED) is 0.862. The number of amides is 1. The molecule has 0 radical (unpaired) electrons. The fraction of sp³-hybridized carbons (Fsp3) is 0.941. The van der Waals surface area contributed by atoms with Gasteiger partial charge >= 0.3 is 0 Å². The Kier molecular flexibility index (Phi) is 5.67. The molecule has 0 aromatic heterocycles. The van der Waals surface area contributed by atoms with Crippen LogP contribution in [0.25, 0.3) is 0 Å². The number of carbonyl (C=O) groups excluding carboxylic acids is 1. The summed E-state index contributed by atoms with van der Waals surface area (Å²) in [6.45, 7) is 12.5. The van der Waals surface area contributed by atoms with Crippen LogP contribution in [0.15, 0.2) is 0 Å². The highest BCUT2D eigenvalue weighted by molar-refractivity contribution is 5.80. The summed E-state index contributed by atoms with van der Waals surface area (Å²) in [4.78, 5) is 17.4. The minimum absolute atomic E-state index is 0.192. The molecule has 2 N–H and O–H groups in total. The summed E-state index contributed by atoms with van der Waals surface area (Å²) in [5.41, 5.74) is 5.92. The largest absolute Gasteiger partial charge is 0.341 e. The maximum absolute atomic E-state index is 12.8. The average Bonchev–Trinajstić information content (AvgIpc) is 2.65. The molecule has 0 spiro atoms. The lowest BCUT2D eigenvalue weighted by molar-refractivity contribution is -0.138. The van der Waals surface area contributed by atoms with Gasteiger partial charge in [-0.2, -0.15) is 0 Å². The first-order valence-corrected chi connectivity index (χ1v) is 8.65. The van der Waals surface area contributed by atoms with E-state index in [1.54, 1.807) is 0 Å². The second-order valence-corrected chi connectivity index (χ2v) is 7.75. The molecule has 2 rings (SSSR count). The molecule has 2 aliphatic rings. The maximum Gasteiger partial charge on any atom is 0.226 e. The van der Waals surface area contributed by atoms with Gasteiger partial charge in [-0.25, -0.2) is 0 Å². The molecule has 4 heteroatoms. The summed E-state index contributed by atoms with van der Waals surface area (Å²) in [7, 11) is 0. The second-order valence-electron chi connectivity index (χ2n) is 7.75. The van der Waals surface area contributed by atoms with Gasteiger partial charge in [0, 0.05) is 32.1 Å². The van der Waals surface area contributed by atoms with Crippen LogP contribution in [0.1, 0.15) is 46.5 Å². The molecule has 1 heterocycles. The fourth-order valence-corrected chi connectivity index (χ4v) is 3.89. The van der Waals surface area contributed by atoms with Gasteiger partial charge in [0.05, 0.1) is 0 Å². The summed E-state index contributed by atoms with van der Waals surface area (Å²) in [6, 6.07) is 0. The highest BCUT2D eigenvalue weighted by Crippen LogP contribution is 2.43. The van der Waals surface area contributed by atoms with Gasteiger partial charge in [-0.05, 0) is 43.7 Å². The second kappa shape index (κ2) is 7.10. The predicted octanol–water partition coefficient (Wildman–Crippen LogP) is 1.94. The molecular weight excluding hydrogens is 262 g/mol. The molecule has 2 fully saturated rings. The van der Waals surface area contributed by atoms with E-state index < -0.39 is 0 Å². The molecule has 2 unspecified atom stereocenters. The molecule has 122 valence electrons. The molecule has 0 bridgehead atoms. The zero-order chi connectivity index (χ0) is 15.5. The van der Waals surface area contributed by atoms with Crippen molar-refractivity contribution in [2.45, 2.75) is 46.5 Å². The Morgan fingerprint density at radius 1 is 1.24 bits per heavy atom. The van der Waals surface area contributed by atoms with Gasteiger partial charge in [0.25, 0.3) is 0 Å². The molecule has 1 aliphatic heterocycles. The zero-order valence-corrected chi connectivity index (χ0v) is 14.1. The number of hydrogen-bond donors (Lipinski definition) is 1. The van der Waals surface area contributed by atoms with Crippen LogP contribution in [-0.4, -0.2) is 55.0 Å². The van der Waals surface area contributed by atoms with Crippen LogP contribution in [0.3, 0.4) is 0 Å². The van der Waals surface area contributed by atoms with Crippen LogP contribution in [0.4, 0.5) is 0 Å². The van der Waals surface area contributed by atoms with Crippen LogP contribution >= 0.6 is 0 Å². The Balaban J connectivity index is 1.89. The van der Waals surface area contributed by atoms with E-state index in [9.17, 15) is 4.79 Å². The van der Waals surface area contributed by atoms with Crippen LogP contribution in [-0.2, 0) is 4.79 Å². The molecule has 1 amide bonds. The van der Waals surface area contributed by atoms with Crippen molar-refractivity contribution in [3.05, 3.63) is 0 Å². The van der Waals surface area contributed by atoms with E-state index in [0.29, 0.717) is 11.8 Å². The molecule has 0 aromatic carbocycles. The van der Waals surface area contributed by atoms with E-state index in [4.69, 9.17) is 5.73 Å². The summed E-state index contributed by atoms with van der Waals surface area (Å²) < 4.78 is 0. The van der Waals surface area contributed by atoms with Crippen molar-refractivity contribution in [2.24, 2.45) is 23.0 Å². The normalized spacial score (nSPS) is 28.4. The molecule has 4 nitrogen and oxygen atoms in total. The standard InChI is InChI=1S/C17H33N3O/c1-14(12-18)13-19-8-5-9-20(11-10-19)16(21)15-6-4-7-17(15,2)3/h14-15H,4-13,18H2,1-3H3. The van der Waals surface area contributed by atoms with Gasteiger partial charge in [0.2, 0.25) is 5.91 Å². The van der Waals surface area contributed by atoms with E-state index in [1.165, 1.54) is 12.8 Å². The first-order valence-electron chi connectivity index (χ1n) is 8.65. The number of carbonyl (C=O) groups is 1. The Labute approximate surface area is 130 Å². The van der Waals surface area contributed by atoms with Gasteiger partial charge in [-0.15, -0.1) is 0 Å². The van der Waals surface area contributed by atoms with Crippen LogP contribution in [0, 0.1) is 17.3 Å². The number of hydrogen-bond acceptors (Lipinski definition) is 3. The maximum atomic E-state index is 12.8. The Bertz CT molecular complexity index is 356. The summed E-state index contributed by atoms with van der Waals surface area (Å²) in [5.74, 6) is 1.19. The number of rotatable bonds is 4. The fourth-order valence-electron chi connectivity index (χ4n) is 3.89. The predicted molar refractivity (Wildman–Crippen MR) is 87.0 cm³/mol. The van der Waals surface area contributed by atoms with Gasteiger partial charge in [0.1, 0.15) is 0 Å². The van der Waals surface area contributed by atoms with Crippen molar-refractivity contribution in [3.8, 4) is 0 Å². The molecule has 1 aliphatic carbocycles. The van der Waals surface area contributed by atoms with Crippen molar-refractivity contribution >= 4 is 5.91 Å². The Hall–Kier alpha value is -0.610. The van der Waals surface area contributed by atoms with E-state index in [0.717, 1.165) is 52.1 Å². The lowest BCUT2D eigenvalue weighted by Crippen LogP contribution is -2.42. The average molecular weight is 295 g/mol. The molecule has 21 heavy (non-hydrogen) atoms. The molecule has 0 aromatic rings. The van der Waals surface area contributed by atoms with Crippen LogP contribution in [0.5, 0.6) is 0 Å². The SMILES string of the molecule is CC(CN)CN1CCCN(C(=O)C2CCCC2(C)C)CC1. The lowest BCUT2D eigenvalue weighted by atomic mass is 9.81. The van der Waals surface area contributed by atoms with E-state index in [1.807, 2.05) is 0 Å². The lowest BCUT2D eigenvalue weighted by Gasteiger charge is -2.31. The summed E-state index contributed by atoms with van der Waals surface area (Å²) in [5, 5.41) is 0. The van der Waals surface area contributed by atoms with E-state index >= 15 is 0 Å². The third kappa shape index (κ3) is 4.19. The van der Waals surface area contributed by atoms with Crippen molar-refractivity contribution in [3.63, 3.8) is 0 Å². The monoisotopic (exact) mass is 295 g/mol. The van der Waals surface area contributed by atoms with E-state index in [2.05, 4.69) is 30.6 Å². The zero-order valence-electron chi connectivity index (χ0n) is 14.1. The van der Waals surface area contributed by atoms with E-state index in [-0.39, 0.29) is 11.3 Å². The van der Waals surface area contributed by atoms with Gasteiger partial charge in [-0.1, -0.05) is 27.2 Å². The van der Waals surface area contributed by atoms with Gasteiger partial charge < -0.3 is 15.5 Å². The smallest absolute Gasteiger partial charge is 0.226 e. The third-order valence-corrected chi connectivity index (χ3v) is 5.43. The van der Waals surface area contributed by atoms with Crippen molar-refractivity contribution in [2.75, 3.05) is 39.3 Å². The minimum atomic E-state index is 0.192. The van der Waals surface area contributed by atoms with Gasteiger partial charge in [0.15, 0.2) is 0 Å². The molecular formula is C17H33N3O. The summed E-state index contributed by atoms with van der Waals surface area (Å²) >= 11 is 0. The number of nitrogens with zero attached hydrogens (tertiary/aromatic N) is 2. The molecule has 1 saturated carbocycles. The van der Waals surface area contributed by atoms with Crippen LogP contribution < -0.4 is 5.73 Å². The highest BCUT2D eigenvalue weighted by atomic mass is 16.2. The highest BCUT2D eigenvalue weighted by Gasteiger charge is 2.41. The first-order chi connectivity index (χ1) is 9.94. The Morgan fingerprint density at radius 3 is 2.62 bits per heavy atom. The minimum Gasteiger partial charge on any atom is -0.341 e. The summed E-state index contributed by atoms with van der Waals surface area (Å²) in [6.07, 6.45) is 4.57. The number of nitrogens with two attached hydrogens (primary N) is 1. The topological polar surface area (TPSA) is 49.6 Å². The third-order valence-electron chi connectivity index (χ3n) is 5.43. The van der Waals surface area contributed by atoms with Crippen molar-refractivity contribution in [1.29, 1.82) is 0 Å². The Morgan fingerprint density at radius 2 is 2.00 bits per heavy atom.